The lowest BCUT2D eigenvalue weighted by atomic mass is 9.44. The van der Waals surface area contributed by atoms with Crippen molar-refractivity contribution in [2.45, 2.75) is 130 Å². The van der Waals surface area contributed by atoms with E-state index < -0.39 is 0 Å². The number of hydrogen-bond acceptors (Lipinski definition) is 2. The van der Waals surface area contributed by atoms with Crippen molar-refractivity contribution in [2.75, 3.05) is 0 Å². The van der Waals surface area contributed by atoms with E-state index in [1.54, 1.807) is 0 Å². The molecule has 4 aliphatic carbocycles. The van der Waals surface area contributed by atoms with Crippen molar-refractivity contribution in [3.63, 3.8) is 0 Å². The predicted molar refractivity (Wildman–Crippen MR) is 128 cm³/mol. The Balaban J connectivity index is 1.31. The molecular formula is C29H50O2. The van der Waals surface area contributed by atoms with Gasteiger partial charge in [0, 0.05) is 11.8 Å². The van der Waals surface area contributed by atoms with E-state index in [-0.39, 0.29) is 11.7 Å². The smallest absolute Gasteiger partial charge is 0.103 e. The molecule has 2 nitrogen and oxygen atoms in total. The molecule has 0 amide bonds. The Labute approximate surface area is 192 Å². The van der Waals surface area contributed by atoms with Gasteiger partial charge >= 0.3 is 0 Å². The fourth-order valence-corrected chi connectivity index (χ4v) is 10.3. The van der Waals surface area contributed by atoms with Crippen LogP contribution < -0.4 is 0 Å². The Morgan fingerprint density at radius 3 is 2.45 bits per heavy atom. The third kappa shape index (κ3) is 3.23. The number of hydrogen-bond donors (Lipinski definition) is 1. The third-order valence-corrected chi connectivity index (χ3v) is 12.3. The summed E-state index contributed by atoms with van der Waals surface area (Å²) in [4.78, 5) is 0. The average Bonchev–Trinajstić information content (AvgIpc) is 3.29. The van der Waals surface area contributed by atoms with Crippen LogP contribution in [0.15, 0.2) is 0 Å². The van der Waals surface area contributed by atoms with Crippen molar-refractivity contribution in [3.05, 3.63) is 0 Å². The molecule has 2 heteroatoms. The molecule has 4 saturated carbocycles. The Kier molecular flexibility index (Phi) is 5.66. The van der Waals surface area contributed by atoms with Crippen molar-refractivity contribution in [1.29, 1.82) is 0 Å². The van der Waals surface area contributed by atoms with Crippen molar-refractivity contribution in [1.82, 2.24) is 0 Å². The first-order valence-electron chi connectivity index (χ1n) is 14.0. The maximum Gasteiger partial charge on any atom is 0.103 e. The number of rotatable bonds is 6. The molecule has 11 atom stereocenters. The van der Waals surface area contributed by atoms with Crippen molar-refractivity contribution in [3.8, 4) is 0 Å². The Bertz CT molecular complexity index is 674. The molecule has 7 unspecified atom stereocenters. The molecule has 178 valence electrons. The molecule has 1 aliphatic heterocycles. The molecule has 0 aromatic carbocycles. The van der Waals surface area contributed by atoms with Crippen LogP contribution in [0.4, 0.5) is 0 Å². The van der Waals surface area contributed by atoms with E-state index in [2.05, 4.69) is 41.5 Å². The van der Waals surface area contributed by atoms with Gasteiger partial charge in [0.1, 0.15) is 5.60 Å². The molecule has 1 saturated heterocycles. The van der Waals surface area contributed by atoms with Gasteiger partial charge in [-0.3, -0.25) is 0 Å². The average molecular weight is 431 g/mol. The second kappa shape index (κ2) is 7.72. The molecule has 5 aliphatic rings. The van der Waals surface area contributed by atoms with Gasteiger partial charge in [0.05, 0.1) is 12.2 Å². The van der Waals surface area contributed by atoms with E-state index in [1.165, 1.54) is 57.8 Å². The lowest BCUT2D eigenvalue weighted by Crippen LogP contribution is -2.58. The quantitative estimate of drug-likeness (QED) is 0.451. The highest BCUT2D eigenvalue weighted by Gasteiger charge is 2.76. The first kappa shape index (κ1) is 22.7. The second-order valence-corrected chi connectivity index (χ2v) is 13.6. The largest absolute Gasteiger partial charge is 0.393 e. The molecule has 1 heterocycles. The van der Waals surface area contributed by atoms with E-state index in [9.17, 15) is 5.11 Å². The molecule has 1 N–H and O–H groups in total. The third-order valence-electron chi connectivity index (χ3n) is 12.3. The number of aliphatic hydroxyl groups is 1. The first-order chi connectivity index (χ1) is 14.7. The van der Waals surface area contributed by atoms with Crippen LogP contribution in [-0.2, 0) is 4.74 Å². The molecule has 31 heavy (non-hydrogen) atoms. The molecule has 0 aromatic rings. The number of fused-ring (bicyclic) bond motifs is 4. The summed E-state index contributed by atoms with van der Waals surface area (Å²) in [6, 6.07) is 0. The standard InChI is InChI=1S/C29H50O2/c1-7-20(18(2)3)9-8-19(4)23-10-11-24-22-16-26-29(31-26)17-21(30)12-15-28(29,6)25(22)13-14-27(23,24)5/h18-26,30H,7-17H2,1-6H3/t19-,20?,21+,22?,23?,24?,25?,26?,27-,28-,29?/m1/s1. The van der Waals surface area contributed by atoms with E-state index in [1.807, 2.05) is 0 Å². The van der Waals surface area contributed by atoms with Gasteiger partial charge in [-0.1, -0.05) is 54.4 Å². The van der Waals surface area contributed by atoms with Gasteiger partial charge in [-0.25, -0.2) is 0 Å². The van der Waals surface area contributed by atoms with E-state index in [0.29, 0.717) is 16.9 Å². The second-order valence-electron chi connectivity index (χ2n) is 13.6. The highest BCUT2D eigenvalue weighted by atomic mass is 16.6. The molecule has 0 aromatic heterocycles. The van der Waals surface area contributed by atoms with Gasteiger partial charge in [0.25, 0.3) is 0 Å². The van der Waals surface area contributed by atoms with Crippen molar-refractivity contribution in [2.24, 2.45) is 52.3 Å². The van der Waals surface area contributed by atoms with Crippen LogP contribution in [-0.4, -0.2) is 22.9 Å². The lowest BCUT2D eigenvalue weighted by Gasteiger charge is -2.59. The maximum atomic E-state index is 10.4. The SMILES string of the molecule is CCC(CC[C@@H](C)C1CCC2C3CC4OC45C[C@@H](O)CC[C@]5(C)C3CC[C@@]21C)C(C)C. The van der Waals surface area contributed by atoms with Gasteiger partial charge in [0.15, 0.2) is 0 Å². The number of epoxide rings is 1. The normalized spacial score (nSPS) is 52.6. The summed E-state index contributed by atoms with van der Waals surface area (Å²) >= 11 is 0. The van der Waals surface area contributed by atoms with Crippen LogP contribution in [0.2, 0.25) is 0 Å². The van der Waals surface area contributed by atoms with Gasteiger partial charge in [-0.15, -0.1) is 0 Å². The van der Waals surface area contributed by atoms with Crippen LogP contribution >= 0.6 is 0 Å². The Morgan fingerprint density at radius 2 is 1.74 bits per heavy atom. The van der Waals surface area contributed by atoms with Crippen molar-refractivity contribution < 1.29 is 9.84 Å². The topological polar surface area (TPSA) is 32.8 Å². The molecule has 5 rings (SSSR count). The Hall–Kier alpha value is -0.0800. The minimum absolute atomic E-state index is 0.0386. The Morgan fingerprint density at radius 1 is 0.968 bits per heavy atom. The van der Waals surface area contributed by atoms with Crippen LogP contribution in [0.1, 0.15) is 112 Å². The van der Waals surface area contributed by atoms with Crippen LogP contribution in [0.3, 0.4) is 0 Å². The summed E-state index contributed by atoms with van der Waals surface area (Å²) in [6.07, 6.45) is 14.7. The van der Waals surface area contributed by atoms with Crippen molar-refractivity contribution >= 4 is 0 Å². The highest BCUT2D eigenvalue weighted by Crippen LogP contribution is 2.74. The zero-order valence-electron chi connectivity index (χ0n) is 21.3. The van der Waals surface area contributed by atoms with Crippen LogP contribution in [0.5, 0.6) is 0 Å². The molecule has 0 bridgehead atoms. The zero-order valence-corrected chi connectivity index (χ0v) is 21.3. The van der Waals surface area contributed by atoms with E-state index in [0.717, 1.165) is 54.3 Å². The zero-order chi connectivity index (χ0) is 22.2. The van der Waals surface area contributed by atoms with E-state index in [4.69, 9.17) is 4.74 Å². The van der Waals surface area contributed by atoms with Gasteiger partial charge in [0.2, 0.25) is 0 Å². The fraction of sp³-hybridized carbons (Fsp3) is 1.00. The van der Waals surface area contributed by atoms with Gasteiger partial charge in [-0.05, 0) is 98.2 Å². The molecule has 5 fully saturated rings. The summed E-state index contributed by atoms with van der Waals surface area (Å²) in [6.45, 7) is 15.1. The monoisotopic (exact) mass is 430 g/mol. The summed E-state index contributed by atoms with van der Waals surface area (Å²) in [5.74, 6) is 6.15. The number of ether oxygens (including phenoxy) is 1. The van der Waals surface area contributed by atoms with E-state index >= 15 is 0 Å². The lowest BCUT2D eigenvalue weighted by molar-refractivity contribution is -0.116. The van der Waals surface area contributed by atoms with Gasteiger partial charge < -0.3 is 9.84 Å². The molecule has 0 radical (unpaired) electrons. The minimum atomic E-state index is -0.127. The number of aliphatic hydroxyl groups excluding tert-OH is 1. The molecule has 1 spiro atoms. The highest BCUT2D eigenvalue weighted by molar-refractivity contribution is 5.24. The minimum Gasteiger partial charge on any atom is -0.393 e. The van der Waals surface area contributed by atoms with Gasteiger partial charge in [-0.2, -0.15) is 0 Å². The summed E-state index contributed by atoms with van der Waals surface area (Å²) in [5.41, 5.74) is 0.910. The first-order valence-corrected chi connectivity index (χ1v) is 14.0. The van der Waals surface area contributed by atoms with Crippen LogP contribution in [0.25, 0.3) is 0 Å². The maximum absolute atomic E-state index is 10.4. The summed E-state index contributed by atoms with van der Waals surface area (Å²) in [7, 11) is 0. The van der Waals surface area contributed by atoms with Crippen LogP contribution in [0, 0.1) is 52.3 Å². The summed E-state index contributed by atoms with van der Waals surface area (Å²) < 4.78 is 6.53. The molecular weight excluding hydrogens is 380 g/mol. The predicted octanol–water partition coefficient (Wildman–Crippen LogP) is 7.24. The fourth-order valence-electron chi connectivity index (χ4n) is 10.3. The summed E-state index contributed by atoms with van der Waals surface area (Å²) in [5, 5.41) is 10.4.